The van der Waals surface area contributed by atoms with E-state index in [2.05, 4.69) is 20.9 Å². The molecule has 0 atom stereocenters. The second-order valence-corrected chi connectivity index (χ2v) is 4.28. The zero-order chi connectivity index (χ0) is 13.1. The predicted octanol–water partition coefficient (Wildman–Crippen LogP) is 3.41. The molecule has 1 aromatic heterocycles. The Balaban J connectivity index is 2.31. The van der Waals surface area contributed by atoms with Crippen molar-refractivity contribution in [3.8, 4) is 11.6 Å². The van der Waals surface area contributed by atoms with Gasteiger partial charge < -0.3 is 9.84 Å². The fourth-order valence-corrected chi connectivity index (χ4v) is 1.67. The van der Waals surface area contributed by atoms with Gasteiger partial charge >= 0.3 is 0 Å². The maximum absolute atomic E-state index is 13.7. The zero-order valence-corrected chi connectivity index (χ0v) is 10.6. The monoisotopic (exact) mass is 315 g/mol. The second kappa shape index (κ2) is 5.41. The van der Waals surface area contributed by atoms with Gasteiger partial charge in [-0.05, 0) is 40.2 Å². The maximum Gasteiger partial charge on any atom is 0.256 e. The van der Waals surface area contributed by atoms with E-state index in [1.54, 1.807) is 0 Å². The maximum atomic E-state index is 13.7. The van der Waals surface area contributed by atoms with Gasteiger partial charge in [0.1, 0.15) is 11.6 Å². The van der Waals surface area contributed by atoms with E-state index in [1.807, 2.05) is 0 Å². The third-order valence-corrected chi connectivity index (χ3v) is 2.82. The van der Waals surface area contributed by atoms with E-state index in [4.69, 9.17) is 9.84 Å². The quantitative estimate of drug-likeness (QED) is 0.943. The first-order chi connectivity index (χ1) is 8.61. The predicted molar refractivity (Wildman–Crippen MR) is 64.3 cm³/mol. The number of nitrogens with zero attached hydrogens (tertiary/aromatic N) is 1. The topological polar surface area (TPSA) is 42.4 Å². The number of hydrogen-bond donors (Lipinski definition) is 1. The van der Waals surface area contributed by atoms with E-state index >= 15 is 0 Å². The number of aliphatic hydroxyl groups is 1. The lowest BCUT2D eigenvalue weighted by Crippen LogP contribution is -1.97. The highest BCUT2D eigenvalue weighted by Crippen LogP contribution is 2.27. The number of ether oxygens (including phenoxy) is 1. The molecule has 0 spiro atoms. The SMILES string of the molecule is OCc1ccnc(Oc2ccc(F)c(Br)c2)c1F. The number of benzene rings is 1. The van der Waals surface area contributed by atoms with E-state index in [9.17, 15) is 8.78 Å². The molecule has 0 bridgehead atoms. The first-order valence-corrected chi connectivity index (χ1v) is 5.78. The lowest BCUT2D eigenvalue weighted by Gasteiger charge is -2.08. The number of halogens is 3. The van der Waals surface area contributed by atoms with E-state index < -0.39 is 18.2 Å². The van der Waals surface area contributed by atoms with E-state index in [0.717, 1.165) is 0 Å². The van der Waals surface area contributed by atoms with Gasteiger partial charge in [0.2, 0.25) is 0 Å². The van der Waals surface area contributed by atoms with Crippen LogP contribution in [0.5, 0.6) is 11.6 Å². The van der Waals surface area contributed by atoms with Gasteiger partial charge in [0.25, 0.3) is 5.88 Å². The molecule has 0 saturated carbocycles. The van der Waals surface area contributed by atoms with Crippen molar-refractivity contribution in [2.45, 2.75) is 6.61 Å². The lowest BCUT2D eigenvalue weighted by molar-refractivity contribution is 0.273. The Morgan fingerprint density at radius 1 is 1.28 bits per heavy atom. The molecule has 0 amide bonds. The van der Waals surface area contributed by atoms with Crippen molar-refractivity contribution in [2.75, 3.05) is 0 Å². The van der Waals surface area contributed by atoms with Crippen molar-refractivity contribution in [1.29, 1.82) is 0 Å². The molecule has 0 aliphatic carbocycles. The Morgan fingerprint density at radius 2 is 2.06 bits per heavy atom. The lowest BCUT2D eigenvalue weighted by atomic mass is 10.2. The van der Waals surface area contributed by atoms with Crippen LogP contribution in [0.25, 0.3) is 0 Å². The molecule has 0 aliphatic heterocycles. The molecule has 1 N–H and O–H groups in total. The molecular weight excluding hydrogens is 308 g/mol. The molecule has 1 aromatic carbocycles. The summed E-state index contributed by atoms with van der Waals surface area (Å²) in [4.78, 5) is 3.72. The smallest absolute Gasteiger partial charge is 0.256 e. The van der Waals surface area contributed by atoms with E-state index in [1.165, 1.54) is 30.5 Å². The number of pyridine rings is 1. The van der Waals surface area contributed by atoms with Gasteiger partial charge in [-0.15, -0.1) is 0 Å². The molecule has 2 aromatic rings. The number of hydrogen-bond acceptors (Lipinski definition) is 3. The summed E-state index contributed by atoms with van der Waals surface area (Å²) in [6.07, 6.45) is 1.32. The Labute approximate surface area is 110 Å². The van der Waals surface area contributed by atoms with Gasteiger partial charge in [-0.1, -0.05) is 0 Å². The number of rotatable bonds is 3. The molecule has 0 radical (unpaired) electrons. The van der Waals surface area contributed by atoms with Crippen LogP contribution in [0.3, 0.4) is 0 Å². The Bertz CT molecular complexity index is 578. The summed E-state index contributed by atoms with van der Waals surface area (Å²) in [7, 11) is 0. The molecule has 18 heavy (non-hydrogen) atoms. The highest BCUT2D eigenvalue weighted by atomic mass is 79.9. The number of aromatic nitrogens is 1. The Hall–Kier alpha value is -1.53. The van der Waals surface area contributed by atoms with Gasteiger partial charge in [-0.3, -0.25) is 0 Å². The van der Waals surface area contributed by atoms with Gasteiger partial charge in [-0.2, -0.15) is 0 Å². The van der Waals surface area contributed by atoms with E-state index in [-0.39, 0.29) is 21.7 Å². The number of aliphatic hydroxyl groups excluding tert-OH is 1. The summed E-state index contributed by atoms with van der Waals surface area (Å²) in [5.74, 6) is -1.20. The summed E-state index contributed by atoms with van der Waals surface area (Å²) in [6.45, 7) is -0.447. The van der Waals surface area contributed by atoms with Crippen LogP contribution in [0, 0.1) is 11.6 Å². The van der Waals surface area contributed by atoms with Crippen LogP contribution in [-0.2, 0) is 6.61 Å². The summed E-state index contributed by atoms with van der Waals surface area (Å²) in [5, 5.41) is 8.91. The molecule has 0 fully saturated rings. The molecule has 94 valence electrons. The normalized spacial score (nSPS) is 10.4. The third kappa shape index (κ3) is 2.65. The average Bonchev–Trinajstić information content (AvgIpc) is 2.36. The molecule has 2 rings (SSSR count). The first kappa shape index (κ1) is 12.9. The zero-order valence-electron chi connectivity index (χ0n) is 9.03. The van der Waals surface area contributed by atoms with Crippen molar-refractivity contribution >= 4 is 15.9 Å². The van der Waals surface area contributed by atoms with Crippen LogP contribution >= 0.6 is 15.9 Å². The summed E-state index contributed by atoms with van der Waals surface area (Å²) >= 11 is 3.00. The summed E-state index contributed by atoms with van der Waals surface area (Å²) in [5.41, 5.74) is 0.0844. The van der Waals surface area contributed by atoms with Crippen LogP contribution in [0.4, 0.5) is 8.78 Å². The van der Waals surface area contributed by atoms with Crippen LogP contribution in [0.2, 0.25) is 0 Å². The molecule has 3 nitrogen and oxygen atoms in total. The van der Waals surface area contributed by atoms with E-state index in [0.29, 0.717) is 0 Å². The Morgan fingerprint density at radius 3 is 2.72 bits per heavy atom. The van der Waals surface area contributed by atoms with Crippen molar-refractivity contribution in [3.05, 3.63) is 52.1 Å². The first-order valence-electron chi connectivity index (χ1n) is 4.99. The Kier molecular flexibility index (Phi) is 3.88. The standard InChI is InChI=1S/C12H8BrF2NO2/c13-9-5-8(1-2-10(9)14)18-12-11(15)7(6-17)3-4-16-12/h1-5,17H,6H2. The van der Waals surface area contributed by atoms with Crippen molar-refractivity contribution in [1.82, 2.24) is 4.98 Å². The van der Waals surface area contributed by atoms with Crippen LogP contribution in [0.15, 0.2) is 34.9 Å². The second-order valence-electron chi connectivity index (χ2n) is 3.43. The van der Waals surface area contributed by atoms with Gasteiger partial charge in [0.05, 0.1) is 11.1 Å². The molecular formula is C12H8BrF2NO2. The summed E-state index contributed by atoms with van der Waals surface area (Å²) < 4.78 is 32.1. The molecule has 0 saturated heterocycles. The fourth-order valence-electron chi connectivity index (χ4n) is 1.31. The van der Waals surface area contributed by atoms with Crippen molar-refractivity contribution in [2.24, 2.45) is 0 Å². The van der Waals surface area contributed by atoms with Gasteiger partial charge in [-0.25, -0.2) is 13.8 Å². The van der Waals surface area contributed by atoms with Crippen LogP contribution in [-0.4, -0.2) is 10.1 Å². The minimum atomic E-state index is -0.736. The largest absolute Gasteiger partial charge is 0.436 e. The van der Waals surface area contributed by atoms with Gasteiger partial charge in [0, 0.05) is 11.8 Å². The highest BCUT2D eigenvalue weighted by Gasteiger charge is 2.11. The third-order valence-electron chi connectivity index (χ3n) is 2.21. The molecule has 6 heteroatoms. The summed E-state index contributed by atoms with van der Waals surface area (Å²) in [6, 6.07) is 5.25. The van der Waals surface area contributed by atoms with Crippen LogP contribution in [0.1, 0.15) is 5.56 Å². The van der Waals surface area contributed by atoms with Gasteiger partial charge in [0.15, 0.2) is 5.82 Å². The average molecular weight is 316 g/mol. The molecule has 0 unspecified atom stereocenters. The minimum Gasteiger partial charge on any atom is -0.436 e. The molecule has 1 heterocycles. The van der Waals surface area contributed by atoms with Crippen molar-refractivity contribution < 1.29 is 18.6 Å². The van der Waals surface area contributed by atoms with Crippen molar-refractivity contribution in [3.63, 3.8) is 0 Å². The van der Waals surface area contributed by atoms with Crippen LogP contribution < -0.4 is 4.74 Å². The fraction of sp³-hybridized carbons (Fsp3) is 0.0833. The minimum absolute atomic E-state index is 0.0844. The molecule has 0 aliphatic rings. The highest BCUT2D eigenvalue weighted by molar-refractivity contribution is 9.10.